The molecule has 13 nitrogen and oxygen atoms in total. The second-order valence-corrected chi connectivity index (χ2v) is 23.2. The van der Waals surface area contributed by atoms with E-state index in [-0.39, 0.29) is 54.4 Å². The lowest BCUT2D eigenvalue weighted by atomic mass is 9.76. The Hall–Kier alpha value is -4.51. The molecule has 4 aromatic rings. The van der Waals surface area contributed by atoms with Crippen LogP contribution >= 0.6 is 11.3 Å². The van der Waals surface area contributed by atoms with E-state index in [4.69, 9.17) is 23.7 Å². The van der Waals surface area contributed by atoms with E-state index in [1.807, 2.05) is 70.2 Å². The normalized spacial score (nSPS) is 23.3. The van der Waals surface area contributed by atoms with Crippen molar-refractivity contribution in [1.82, 2.24) is 4.31 Å². The number of sulfonamides is 1. The summed E-state index contributed by atoms with van der Waals surface area (Å²) < 4.78 is 58.9. The fourth-order valence-corrected chi connectivity index (χ4v) is 13.3. The van der Waals surface area contributed by atoms with Gasteiger partial charge in [-0.25, -0.2) is 13.2 Å². The number of ether oxygens (including phenoxy) is 5. The van der Waals surface area contributed by atoms with Gasteiger partial charge in [0.1, 0.15) is 23.7 Å². The standard InChI is InChI=1S/C52H66N2O11S2/c1-32(2)28-54(67(59,60)40-15-12-37(61-7)13-16-40)30-44(55)35(26-47(56)65-45-31-63-52(6)43(45)20-23-62-52)25-34-8-10-36(11-9-34)53-22-19-39(29-53)64-38-14-17-41(33(3)24-38)49-48(50(57)58)42-27-51(4,5)21-18-46(42)66-49/h8-17,24,32,35,39,43-45,55H,18-23,25-31H2,1-7H3,(H,57,58)/t35-,39-,43+,44-,45+,52-/m1/s1. The van der Waals surface area contributed by atoms with Crippen LogP contribution in [0.5, 0.6) is 11.5 Å². The van der Waals surface area contributed by atoms with E-state index >= 15 is 0 Å². The monoisotopic (exact) mass is 958 g/mol. The molecule has 3 aliphatic heterocycles. The van der Waals surface area contributed by atoms with Crippen LogP contribution in [0.1, 0.15) is 92.2 Å². The molecule has 0 spiro atoms. The zero-order valence-electron chi connectivity index (χ0n) is 39.8. The summed E-state index contributed by atoms with van der Waals surface area (Å²) in [5.74, 6) is -1.65. The number of nitrogens with zero attached hydrogens (tertiary/aromatic N) is 2. The van der Waals surface area contributed by atoms with Gasteiger partial charge in [0, 0.05) is 47.4 Å². The minimum atomic E-state index is -4.01. The minimum Gasteiger partial charge on any atom is -0.497 e. The van der Waals surface area contributed by atoms with E-state index < -0.39 is 45.9 Å². The number of hydrogen-bond donors (Lipinski definition) is 2. The molecule has 362 valence electrons. The van der Waals surface area contributed by atoms with Gasteiger partial charge in [0.05, 0.1) is 55.8 Å². The van der Waals surface area contributed by atoms with E-state index in [0.29, 0.717) is 37.3 Å². The van der Waals surface area contributed by atoms with Gasteiger partial charge in [-0.3, -0.25) is 4.79 Å². The Morgan fingerprint density at radius 1 is 0.985 bits per heavy atom. The molecule has 15 heteroatoms. The van der Waals surface area contributed by atoms with Gasteiger partial charge in [-0.2, -0.15) is 4.31 Å². The van der Waals surface area contributed by atoms with Crippen LogP contribution in [0, 0.1) is 30.1 Å². The van der Waals surface area contributed by atoms with E-state index in [2.05, 4.69) is 18.7 Å². The molecular weight excluding hydrogens is 893 g/mol. The molecular formula is C52H66N2O11S2. The quantitative estimate of drug-likeness (QED) is 0.0917. The van der Waals surface area contributed by atoms with Gasteiger partial charge in [0.25, 0.3) is 0 Å². The number of carboxylic acid groups (broad SMARTS) is 1. The van der Waals surface area contributed by atoms with Crippen molar-refractivity contribution in [2.45, 2.75) is 115 Å². The van der Waals surface area contributed by atoms with Gasteiger partial charge in [-0.1, -0.05) is 39.8 Å². The first kappa shape index (κ1) is 48.9. The number of esters is 1. The number of carbonyl (C=O) groups excluding carboxylic acids is 1. The molecule has 4 aliphatic rings. The number of aliphatic hydroxyl groups is 1. The number of thiophene rings is 1. The van der Waals surface area contributed by atoms with Gasteiger partial charge in [0.2, 0.25) is 10.0 Å². The summed E-state index contributed by atoms with van der Waals surface area (Å²) in [7, 11) is -2.50. The predicted octanol–water partition coefficient (Wildman–Crippen LogP) is 8.55. The molecule has 2 N–H and O–H groups in total. The number of methoxy groups -OCH3 is 1. The number of carboxylic acids is 1. The molecule has 0 saturated carbocycles. The third-order valence-electron chi connectivity index (χ3n) is 14.1. The fraction of sp³-hybridized carbons (Fsp3) is 0.538. The van der Waals surface area contributed by atoms with Crippen LogP contribution in [0.3, 0.4) is 0 Å². The summed E-state index contributed by atoms with van der Waals surface area (Å²) in [6, 6.07) is 20.2. The molecule has 0 amide bonds. The highest BCUT2D eigenvalue weighted by atomic mass is 32.2. The Morgan fingerprint density at radius 3 is 2.40 bits per heavy atom. The summed E-state index contributed by atoms with van der Waals surface area (Å²) >= 11 is 1.62. The number of aromatic carboxylic acids is 1. The first-order valence-corrected chi connectivity index (χ1v) is 25.9. The number of anilines is 1. The van der Waals surface area contributed by atoms with Crippen LogP contribution < -0.4 is 14.4 Å². The third kappa shape index (κ3) is 10.9. The molecule has 3 fully saturated rings. The zero-order valence-corrected chi connectivity index (χ0v) is 41.4. The van der Waals surface area contributed by atoms with Crippen molar-refractivity contribution in [3.63, 3.8) is 0 Å². The molecule has 1 aromatic heterocycles. The molecule has 3 aromatic carbocycles. The summed E-state index contributed by atoms with van der Waals surface area (Å²) in [4.78, 5) is 30.7. The number of hydrogen-bond acceptors (Lipinski definition) is 12. The van der Waals surface area contributed by atoms with Crippen molar-refractivity contribution in [2.75, 3.05) is 51.4 Å². The van der Waals surface area contributed by atoms with E-state index in [1.54, 1.807) is 23.5 Å². The van der Waals surface area contributed by atoms with Crippen molar-refractivity contribution < 1.29 is 51.9 Å². The van der Waals surface area contributed by atoms with Crippen molar-refractivity contribution in [1.29, 1.82) is 0 Å². The van der Waals surface area contributed by atoms with Crippen LogP contribution in [-0.4, -0.2) is 105 Å². The Bertz CT molecular complexity index is 2520. The van der Waals surface area contributed by atoms with Crippen LogP contribution in [-0.2, 0) is 48.3 Å². The number of carbonyl (C=O) groups is 2. The van der Waals surface area contributed by atoms with Gasteiger partial charge in [0.15, 0.2) is 5.79 Å². The maximum atomic E-state index is 14.0. The Balaban J connectivity index is 0.941. The van der Waals surface area contributed by atoms with Gasteiger partial charge in [-0.15, -0.1) is 11.3 Å². The third-order valence-corrected chi connectivity index (χ3v) is 17.2. The molecule has 8 rings (SSSR count). The maximum absolute atomic E-state index is 14.0. The Morgan fingerprint density at radius 2 is 1.72 bits per heavy atom. The lowest BCUT2D eigenvalue weighted by Crippen LogP contribution is -2.43. The first-order chi connectivity index (χ1) is 31.8. The molecule has 1 aliphatic carbocycles. The van der Waals surface area contributed by atoms with E-state index in [1.165, 1.54) is 28.4 Å². The van der Waals surface area contributed by atoms with Crippen molar-refractivity contribution >= 4 is 39.0 Å². The summed E-state index contributed by atoms with van der Waals surface area (Å²) in [6.07, 6.45) is 2.71. The zero-order chi connectivity index (χ0) is 47.8. The summed E-state index contributed by atoms with van der Waals surface area (Å²) in [5.41, 5.74) is 5.33. The lowest BCUT2D eigenvalue weighted by Gasteiger charge is -2.30. The van der Waals surface area contributed by atoms with Gasteiger partial charge < -0.3 is 38.8 Å². The Labute approximate surface area is 399 Å². The fourth-order valence-electron chi connectivity index (χ4n) is 10.3. The number of rotatable bonds is 18. The maximum Gasteiger partial charge on any atom is 0.337 e. The SMILES string of the molecule is COc1ccc(S(=O)(=O)N(CC(C)C)C[C@@H](O)[C@@H](CC(=O)O[C@H]2CO[C@@]3(C)OCC[C@@H]23)Cc2ccc(N3CC[C@@H](Oc4ccc(-c5sc6c(c5C(=O)O)CC(C)(C)CC6)c(C)c4)C3)cc2)cc1. The minimum absolute atomic E-state index is 0.0366. The summed E-state index contributed by atoms with van der Waals surface area (Å²) in [5, 5.41) is 22.3. The smallest absolute Gasteiger partial charge is 0.337 e. The number of aliphatic hydroxyl groups excluding tert-OH is 1. The van der Waals surface area contributed by atoms with E-state index in [0.717, 1.165) is 70.8 Å². The topological polar surface area (TPSA) is 161 Å². The molecule has 0 bridgehead atoms. The average molecular weight is 959 g/mol. The van der Waals surface area contributed by atoms with Crippen molar-refractivity contribution in [2.24, 2.45) is 23.2 Å². The number of benzene rings is 3. The number of fused-ring (bicyclic) bond motifs is 2. The largest absolute Gasteiger partial charge is 0.497 e. The first-order valence-electron chi connectivity index (χ1n) is 23.6. The second-order valence-electron chi connectivity index (χ2n) is 20.2. The van der Waals surface area contributed by atoms with Crippen LogP contribution in [0.4, 0.5) is 5.69 Å². The van der Waals surface area contributed by atoms with Gasteiger partial charge in [-0.05, 0) is 134 Å². The highest BCUT2D eigenvalue weighted by Crippen LogP contribution is 2.46. The van der Waals surface area contributed by atoms with Crippen LogP contribution in [0.25, 0.3) is 10.4 Å². The van der Waals surface area contributed by atoms with E-state index in [9.17, 15) is 28.2 Å². The average Bonchev–Trinajstić information content (AvgIpc) is 4.06. The molecule has 6 atom stereocenters. The van der Waals surface area contributed by atoms with Crippen LogP contribution in [0.2, 0.25) is 0 Å². The molecule has 4 heterocycles. The highest BCUT2D eigenvalue weighted by molar-refractivity contribution is 7.89. The summed E-state index contributed by atoms with van der Waals surface area (Å²) in [6.45, 7) is 14.3. The van der Waals surface area contributed by atoms with Crippen molar-refractivity contribution in [3.05, 3.63) is 93.9 Å². The highest BCUT2D eigenvalue weighted by Gasteiger charge is 2.53. The van der Waals surface area contributed by atoms with Gasteiger partial charge >= 0.3 is 11.9 Å². The molecule has 0 unspecified atom stereocenters. The van der Waals surface area contributed by atoms with Crippen molar-refractivity contribution in [3.8, 4) is 21.9 Å². The molecule has 67 heavy (non-hydrogen) atoms. The second kappa shape index (κ2) is 19.8. The van der Waals surface area contributed by atoms with Crippen LogP contribution in [0.15, 0.2) is 71.6 Å². The number of aryl methyl sites for hydroxylation is 2. The molecule has 0 radical (unpaired) electrons. The predicted molar refractivity (Wildman–Crippen MR) is 258 cm³/mol. The Kier molecular flexibility index (Phi) is 14.5. The lowest BCUT2D eigenvalue weighted by molar-refractivity contribution is -0.181. The molecule has 3 saturated heterocycles.